The largest absolute Gasteiger partial charge is 0.285 e. The number of hydrogen-bond acceptors (Lipinski definition) is 4. The summed E-state index contributed by atoms with van der Waals surface area (Å²) in [6.45, 7) is 0. The lowest BCUT2D eigenvalue weighted by Gasteiger charge is -2.48. The maximum absolute atomic E-state index is 13.8. The Morgan fingerprint density at radius 3 is 2.06 bits per heavy atom. The van der Waals surface area contributed by atoms with Crippen LogP contribution in [-0.2, 0) is 15.1 Å². The lowest BCUT2D eigenvalue weighted by Crippen LogP contribution is -2.57. The zero-order chi connectivity index (χ0) is 21.5. The summed E-state index contributed by atoms with van der Waals surface area (Å²) in [5.41, 5.74) is 1.26. The van der Waals surface area contributed by atoms with Crippen LogP contribution in [0.3, 0.4) is 0 Å². The Balaban J connectivity index is 1.68. The quantitative estimate of drug-likeness (QED) is 0.220. The summed E-state index contributed by atoms with van der Waals surface area (Å²) in [6.07, 6.45) is 0. The van der Waals surface area contributed by atoms with E-state index in [9.17, 15) is 19.7 Å². The molecule has 0 spiro atoms. The first kappa shape index (κ1) is 18.7. The van der Waals surface area contributed by atoms with E-state index in [4.69, 9.17) is 0 Å². The minimum atomic E-state index is -1.78. The summed E-state index contributed by atoms with van der Waals surface area (Å²) in [5.74, 6) is -3.13. The van der Waals surface area contributed by atoms with Crippen molar-refractivity contribution in [2.75, 3.05) is 4.90 Å². The maximum atomic E-state index is 13.8. The summed E-state index contributed by atoms with van der Waals surface area (Å²) in [4.78, 5) is 41.2. The molecule has 1 heterocycles. The van der Waals surface area contributed by atoms with Gasteiger partial charge in [-0.1, -0.05) is 54.6 Å². The van der Waals surface area contributed by atoms with Crippen LogP contribution in [0.15, 0.2) is 72.8 Å². The zero-order valence-electron chi connectivity index (χ0n) is 16.1. The average Bonchev–Trinajstić information content (AvgIpc) is 3.04. The van der Waals surface area contributed by atoms with Crippen LogP contribution in [0, 0.1) is 25.5 Å². The first-order chi connectivity index (χ1) is 15.0. The van der Waals surface area contributed by atoms with E-state index in [1.54, 1.807) is 42.5 Å². The third kappa shape index (κ3) is 2.12. The normalized spacial score (nSPS) is 27.6. The molecule has 4 aliphatic rings. The van der Waals surface area contributed by atoms with Crippen molar-refractivity contribution < 1.29 is 14.5 Å². The highest BCUT2D eigenvalue weighted by Crippen LogP contribution is 2.64. The number of benzene rings is 3. The van der Waals surface area contributed by atoms with E-state index in [1.165, 1.54) is 4.90 Å². The Labute approximate surface area is 191 Å². The number of hydrogen-bond donors (Lipinski definition) is 0. The molecule has 2 atom stereocenters. The second kappa shape index (κ2) is 6.23. The summed E-state index contributed by atoms with van der Waals surface area (Å²) in [7, 11) is 0. The van der Waals surface area contributed by atoms with E-state index in [0.717, 1.165) is 14.7 Å². The van der Waals surface area contributed by atoms with Crippen LogP contribution in [0.2, 0.25) is 0 Å². The molecule has 3 aliphatic carbocycles. The van der Waals surface area contributed by atoms with E-state index in [0.29, 0.717) is 16.8 Å². The molecule has 1 fully saturated rings. The van der Waals surface area contributed by atoms with Gasteiger partial charge < -0.3 is 0 Å². The van der Waals surface area contributed by atoms with Gasteiger partial charge in [-0.15, -0.1) is 0 Å². The first-order valence-electron chi connectivity index (χ1n) is 9.94. The minimum Gasteiger partial charge on any atom is -0.274 e. The molecule has 0 aromatic heterocycles. The van der Waals surface area contributed by atoms with Crippen LogP contribution in [0.1, 0.15) is 28.2 Å². The SMILES string of the molecule is O=C1[C@@H]2C3c4ccccc4C([N+](=O)[O-])(c4ccccc43)[C@H]2C(=O)N1c1cccc(I)c1. The fourth-order valence-corrected chi connectivity index (χ4v) is 6.44. The van der Waals surface area contributed by atoms with Gasteiger partial charge in [0.25, 0.3) is 5.54 Å². The van der Waals surface area contributed by atoms with Crippen molar-refractivity contribution >= 4 is 40.1 Å². The van der Waals surface area contributed by atoms with Gasteiger partial charge in [0.2, 0.25) is 11.8 Å². The number of amides is 2. The molecule has 7 heteroatoms. The summed E-state index contributed by atoms with van der Waals surface area (Å²) in [5, 5.41) is 12.9. The molecule has 1 aliphatic heterocycles. The number of nitrogens with zero attached hydrogens (tertiary/aromatic N) is 2. The van der Waals surface area contributed by atoms with Crippen LogP contribution < -0.4 is 4.90 Å². The highest BCUT2D eigenvalue weighted by atomic mass is 127. The second-order valence-electron chi connectivity index (χ2n) is 8.17. The fraction of sp³-hybridized carbons (Fsp3) is 0.167. The molecule has 6 nitrogen and oxygen atoms in total. The first-order valence-corrected chi connectivity index (χ1v) is 11.0. The van der Waals surface area contributed by atoms with E-state index < -0.39 is 23.3 Å². The average molecular weight is 522 g/mol. The Morgan fingerprint density at radius 2 is 1.48 bits per heavy atom. The van der Waals surface area contributed by atoms with Crippen molar-refractivity contribution in [3.63, 3.8) is 0 Å². The molecule has 0 N–H and O–H groups in total. The molecule has 0 radical (unpaired) electrons. The van der Waals surface area contributed by atoms with Crippen molar-refractivity contribution in [3.05, 3.63) is 109 Å². The second-order valence-corrected chi connectivity index (χ2v) is 9.42. The fourth-order valence-electron chi connectivity index (χ4n) is 5.91. The third-order valence-corrected chi connectivity index (χ3v) is 7.60. The molecular weight excluding hydrogens is 507 g/mol. The number of nitro groups is 1. The topological polar surface area (TPSA) is 80.5 Å². The number of halogens is 1. The number of carbonyl (C=O) groups excluding carboxylic acids is 2. The summed E-state index contributed by atoms with van der Waals surface area (Å²) < 4.78 is 0.879. The zero-order valence-corrected chi connectivity index (χ0v) is 18.2. The highest BCUT2D eigenvalue weighted by Gasteiger charge is 2.74. The van der Waals surface area contributed by atoms with Crippen LogP contribution in [0.4, 0.5) is 5.69 Å². The molecule has 152 valence electrons. The molecule has 0 unspecified atom stereocenters. The van der Waals surface area contributed by atoms with Gasteiger partial charge in [-0.3, -0.25) is 19.7 Å². The van der Waals surface area contributed by atoms with Gasteiger partial charge in [0.1, 0.15) is 5.92 Å². The lowest BCUT2D eigenvalue weighted by molar-refractivity contribution is -0.578. The molecule has 31 heavy (non-hydrogen) atoms. The van der Waals surface area contributed by atoms with Gasteiger partial charge in [0.05, 0.1) is 11.6 Å². The molecule has 7 rings (SSSR count). The Kier molecular flexibility index (Phi) is 3.75. The Hall–Kier alpha value is -3.07. The number of rotatable bonds is 2. The predicted molar refractivity (Wildman–Crippen MR) is 121 cm³/mol. The third-order valence-electron chi connectivity index (χ3n) is 6.93. The number of anilines is 1. The summed E-state index contributed by atoms with van der Waals surface area (Å²) in [6, 6.07) is 21.5. The van der Waals surface area contributed by atoms with E-state index >= 15 is 0 Å². The van der Waals surface area contributed by atoms with Crippen molar-refractivity contribution in [3.8, 4) is 0 Å². The molecule has 1 saturated heterocycles. The molecule has 0 saturated carbocycles. The van der Waals surface area contributed by atoms with Crippen LogP contribution in [0.25, 0.3) is 0 Å². The van der Waals surface area contributed by atoms with Crippen molar-refractivity contribution in [1.29, 1.82) is 0 Å². The molecule has 3 aromatic rings. The van der Waals surface area contributed by atoms with Crippen LogP contribution >= 0.6 is 22.6 Å². The monoisotopic (exact) mass is 522 g/mol. The van der Waals surface area contributed by atoms with E-state index in [1.807, 2.05) is 30.3 Å². The van der Waals surface area contributed by atoms with Gasteiger partial charge >= 0.3 is 0 Å². The van der Waals surface area contributed by atoms with Gasteiger partial charge in [0.15, 0.2) is 0 Å². The lowest BCUT2D eigenvalue weighted by atomic mass is 9.51. The number of carbonyl (C=O) groups is 2. The molecule has 3 aromatic carbocycles. The van der Waals surface area contributed by atoms with E-state index in [-0.39, 0.29) is 16.7 Å². The van der Waals surface area contributed by atoms with Crippen molar-refractivity contribution in [2.45, 2.75) is 11.5 Å². The van der Waals surface area contributed by atoms with Crippen molar-refractivity contribution in [1.82, 2.24) is 0 Å². The highest BCUT2D eigenvalue weighted by molar-refractivity contribution is 14.1. The van der Waals surface area contributed by atoms with Crippen LogP contribution in [0.5, 0.6) is 0 Å². The Bertz CT molecular complexity index is 1270. The van der Waals surface area contributed by atoms with Crippen molar-refractivity contribution in [2.24, 2.45) is 11.8 Å². The van der Waals surface area contributed by atoms with Gasteiger partial charge in [-0.05, 0) is 51.9 Å². The van der Waals surface area contributed by atoms with Gasteiger partial charge in [0, 0.05) is 25.5 Å². The number of imide groups is 1. The van der Waals surface area contributed by atoms with Crippen LogP contribution in [-0.4, -0.2) is 16.7 Å². The molecular formula is C24H15IN2O4. The maximum Gasteiger partial charge on any atom is 0.285 e. The summed E-state index contributed by atoms with van der Waals surface area (Å²) >= 11 is 2.12. The predicted octanol–water partition coefficient (Wildman–Crippen LogP) is 4.08. The molecule has 2 amide bonds. The molecule has 2 bridgehead atoms. The standard InChI is InChI=1S/C24H15IN2O4/c25-13-6-5-7-14(12-13)26-22(28)20-19-15-8-1-3-10-17(15)24(27(30)31,21(20)23(26)29)18-11-4-2-9-16(18)19/h1-12,19-21H/t19?,20-,21-,24?/m1/s1. The Morgan fingerprint density at radius 1 is 0.871 bits per heavy atom. The van der Waals surface area contributed by atoms with E-state index in [2.05, 4.69) is 22.6 Å². The van der Waals surface area contributed by atoms with Gasteiger partial charge in [-0.2, -0.15) is 0 Å². The minimum absolute atomic E-state index is 0.346. The van der Waals surface area contributed by atoms with Gasteiger partial charge in [-0.25, -0.2) is 4.90 Å². The smallest absolute Gasteiger partial charge is 0.274 e.